The van der Waals surface area contributed by atoms with Gasteiger partial charge in [0.05, 0.1) is 0 Å². The van der Waals surface area contributed by atoms with Gasteiger partial charge in [-0.25, -0.2) is 0 Å². The summed E-state index contributed by atoms with van der Waals surface area (Å²) < 4.78 is 4.97. The van der Waals surface area contributed by atoms with Crippen molar-refractivity contribution in [3.8, 4) is 11.8 Å². The Morgan fingerprint density at radius 3 is 3.06 bits per heavy atom. The van der Waals surface area contributed by atoms with Gasteiger partial charge in [-0.05, 0) is 46.7 Å². The number of benzene rings is 1. The molecule has 3 nitrogen and oxygen atoms in total. The molecule has 18 heavy (non-hydrogen) atoms. The lowest BCUT2D eigenvalue weighted by molar-refractivity contribution is 0.196. The summed E-state index contributed by atoms with van der Waals surface area (Å²) in [5.41, 5.74) is 2.82. The van der Waals surface area contributed by atoms with E-state index in [0.29, 0.717) is 6.37 Å². The summed E-state index contributed by atoms with van der Waals surface area (Å²) in [6.07, 6.45) is 3.75. The van der Waals surface area contributed by atoms with E-state index in [1.807, 2.05) is 18.2 Å². The summed E-state index contributed by atoms with van der Waals surface area (Å²) in [4.78, 5) is 0. The van der Waals surface area contributed by atoms with Crippen LogP contribution in [0.15, 0.2) is 18.2 Å². The molecule has 2 N–H and O–H groups in total. The van der Waals surface area contributed by atoms with E-state index in [-0.39, 0.29) is 0 Å². The first-order valence-electron chi connectivity index (χ1n) is 5.55. The molecule has 1 aromatic carbocycles. The highest BCUT2D eigenvalue weighted by Crippen LogP contribution is 2.26. The maximum atomic E-state index is 7.40. The van der Waals surface area contributed by atoms with Crippen LogP contribution in [0.3, 0.4) is 0 Å². The molecule has 96 valence electrons. The first-order valence-corrected chi connectivity index (χ1v) is 9.67. The summed E-state index contributed by atoms with van der Waals surface area (Å²) in [5, 5.41) is 10.6. The molecular formula is C13H16IN2OP. The Labute approximate surface area is 123 Å². The Morgan fingerprint density at radius 2 is 2.39 bits per heavy atom. The molecule has 1 atom stereocenters. The molecule has 0 heterocycles. The van der Waals surface area contributed by atoms with E-state index < -0.39 is 0 Å². The fourth-order valence-corrected chi connectivity index (χ4v) is 2.60. The molecule has 0 aliphatic carbocycles. The van der Waals surface area contributed by atoms with E-state index >= 15 is 0 Å². The van der Waals surface area contributed by atoms with Crippen LogP contribution in [0.5, 0.6) is 0 Å². The van der Waals surface area contributed by atoms with Gasteiger partial charge in [0, 0.05) is 49.5 Å². The molecule has 0 bridgehead atoms. The third kappa shape index (κ3) is 5.34. The number of rotatable bonds is 6. The summed E-state index contributed by atoms with van der Waals surface area (Å²) in [5.74, 6) is 6.23. The molecule has 0 radical (unpaired) electrons. The number of nitrogens with one attached hydrogen (secondary N) is 2. The largest absolute Gasteiger partial charge is 0.385 e. The molecular weight excluding hydrogens is 358 g/mol. The van der Waals surface area contributed by atoms with Crippen molar-refractivity contribution in [2.24, 2.45) is 0 Å². The predicted molar refractivity (Wildman–Crippen MR) is 88.3 cm³/mol. The van der Waals surface area contributed by atoms with Gasteiger partial charge < -0.3 is 15.2 Å². The molecule has 5 heteroatoms. The fraction of sp³-hybridized carbons (Fsp3) is 0.308. The highest BCUT2D eigenvalue weighted by Gasteiger charge is 1.99. The zero-order valence-corrected chi connectivity index (χ0v) is 13.4. The normalized spacial score (nSPS) is 10.1. The number of hydrogen-bond acceptors (Lipinski definition) is 3. The van der Waals surface area contributed by atoms with E-state index in [9.17, 15) is 0 Å². The summed E-state index contributed by atoms with van der Waals surface area (Å²) in [6.45, 7) is 0.750. The van der Waals surface area contributed by atoms with Gasteiger partial charge in [-0.2, -0.15) is 0 Å². The Balaban J connectivity index is 2.69. The maximum Gasteiger partial charge on any atom is 0.0471 e. The van der Waals surface area contributed by atoms with Crippen molar-refractivity contribution in [2.75, 3.05) is 18.8 Å². The lowest BCUT2D eigenvalue weighted by Gasteiger charge is -2.06. The van der Waals surface area contributed by atoms with Crippen molar-refractivity contribution in [3.05, 3.63) is 29.3 Å². The van der Waals surface area contributed by atoms with E-state index in [1.165, 1.54) is 6.21 Å². The average Bonchev–Trinajstić information content (AvgIpc) is 2.40. The second-order valence-corrected chi connectivity index (χ2v) is 5.62. The summed E-state index contributed by atoms with van der Waals surface area (Å²) in [7, 11) is 1.70. The third-order valence-electron chi connectivity index (χ3n) is 2.27. The van der Waals surface area contributed by atoms with Crippen molar-refractivity contribution >= 4 is 40.3 Å². The fourth-order valence-electron chi connectivity index (χ4n) is 1.39. The van der Waals surface area contributed by atoms with Gasteiger partial charge in [-0.3, -0.25) is 0 Å². The smallest absolute Gasteiger partial charge is 0.0471 e. The van der Waals surface area contributed by atoms with Crippen LogP contribution in [-0.2, 0) is 4.74 Å². The quantitative estimate of drug-likeness (QED) is 0.262. The van der Waals surface area contributed by atoms with Gasteiger partial charge in [0.25, 0.3) is 0 Å². The highest BCUT2D eigenvalue weighted by molar-refractivity contribution is 14.2. The van der Waals surface area contributed by atoms with Crippen LogP contribution >= 0.6 is 28.4 Å². The molecule has 0 fully saturated rings. The van der Waals surface area contributed by atoms with Gasteiger partial charge >= 0.3 is 0 Å². The molecule has 1 aromatic rings. The second kappa shape index (κ2) is 9.32. The molecule has 0 aromatic heterocycles. The van der Waals surface area contributed by atoms with Crippen LogP contribution in [0.25, 0.3) is 0 Å². The Bertz CT molecular complexity index is 454. The van der Waals surface area contributed by atoms with Crippen molar-refractivity contribution in [2.45, 2.75) is 12.8 Å². The van der Waals surface area contributed by atoms with Crippen LogP contribution in [0, 0.1) is 17.3 Å². The number of methoxy groups -OCH3 is 1. The van der Waals surface area contributed by atoms with Gasteiger partial charge in [0.1, 0.15) is 0 Å². The van der Waals surface area contributed by atoms with Crippen LogP contribution in [0.2, 0.25) is 0 Å². The van der Waals surface area contributed by atoms with Crippen molar-refractivity contribution in [1.82, 2.24) is 0 Å². The minimum absolute atomic E-state index is 0.599. The Kier molecular flexibility index (Phi) is 7.99. The lowest BCUT2D eigenvalue weighted by atomic mass is 10.1. The van der Waals surface area contributed by atoms with Gasteiger partial charge in [-0.15, -0.1) is 0 Å². The zero-order chi connectivity index (χ0) is 13.2. The number of hydrogen-bond donors (Lipinski definition) is 2. The van der Waals surface area contributed by atoms with Crippen LogP contribution in [0.4, 0.5) is 5.69 Å². The first kappa shape index (κ1) is 15.4. The standard InChI is InChI=1S/C13H16IN2OP/c1-17-8-4-2-3-5-11-6-7-13(16-18-14)12(9-11)10-15/h6-7,9-10,15-16,18H,2,4,8H2,1H3. The summed E-state index contributed by atoms with van der Waals surface area (Å²) in [6, 6.07) is 5.90. The second-order valence-electron chi connectivity index (χ2n) is 3.56. The zero-order valence-electron chi connectivity index (χ0n) is 10.2. The monoisotopic (exact) mass is 374 g/mol. The molecule has 0 saturated heterocycles. The number of unbranched alkanes of at least 4 members (excludes halogenated alkanes) is 1. The van der Waals surface area contributed by atoms with Gasteiger partial charge in [-0.1, -0.05) is 11.8 Å². The van der Waals surface area contributed by atoms with Crippen LogP contribution < -0.4 is 5.09 Å². The molecule has 1 rings (SSSR count). The lowest BCUT2D eigenvalue weighted by Crippen LogP contribution is -1.91. The number of ether oxygens (including phenoxy) is 1. The van der Waals surface area contributed by atoms with Crippen molar-refractivity contribution in [3.63, 3.8) is 0 Å². The SMILES string of the molecule is COCCCC#Cc1ccc(NPI)c(C=N)c1. The molecule has 1 unspecified atom stereocenters. The molecule has 0 aliphatic rings. The number of halogens is 1. The highest BCUT2D eigenvalue weighted by atomic mass is 127. The number of anilines is 1. The van der Waals surface area contributed by atoms with E-state index in [2.05, 4.69) is 39.0 Å². The first-order chi connectivity index (χ1) is 8.81. The van der Waals surface area contributed by atoms with E-state index in [0.717, 1.165) is 36.3 Å². The van der Waals surface area contributed by atoms with E-state index in [4.69, 9.17) is 10.1 Å². The Morgan fingerprint density at radius 1 is 1.56 bits per heavy atom. The molecule has 0 aliphatic heterocycles. The van der Waals surface area contributed by atoms with Gasteiger partial charge in [0.2, 0.25) is 0 Å². The van der Waals surface area contributed by atoms with Crippen molar-refractivity contribution < 1.29 is 4.74 Å². The predicted octanol–water partition coefficient (Wildman–Crippen LogP) is 3.82. The minimum Gasteiger partial charge on any atom is -0.385 e. The maximum absolute atomic E-state index is 7.40. The molecule has 0 amide bonds. The van der Waals surface area contributed by atoms with E-state index in [1.54, 1.807) is 7.11 Å². The average molecular weight is 374 g/mol. The van der Waals surface area contributed by atoms with Crippen LogP contribution in [0.1, 0.15) is 24.0 Å². The minimum atomic E-state index is 0.599. The van der Waals surface area contributed by atoms with Crippen molar-refractivity contribution in [1.29, 1.82) is 5.41 Å². The molecule has 0 spiro atoms. The summed E-state index contributed by atoms with van der Waals surface area (Å²) >= 11 is 2.27. The van der Waals surface area contributed by atoms with Crippen LogP contribution in [-0.4, -0.2) is 19.9 Å². The molecule has 0 saturated carbocycles. The topological polar surface area (TPSA) is 45.1 Å². The third-order valence-corrected chi connectivity index (χ3v) is 3.44. The van der Waals surface area contributed by atoms with Gasteiger partial charge in [0.15, 0.2) is 0 Å². The Hall–Kier alpha value is -0.630.